The lowest BCUT2D eigenvalue weighted by Crippen LogP contribution is -2.12. The Morgan fingerprint density at radius 2 is 1.84 bits per heavy atom. The van der Waals surface area contributed by atoms with Gasteiger partial charge in [-0.3, -0.25) is 4.79 Å². The number of thioether (sulfide) groups is 1. The van der Waals surface area contributed by atoms with Crippen molar-refractivity contribution in [1.82, 2.24) is 9.97 Å². The highest BCUT2D eigenvalue weighted by Gasteiger charge is 2.20. The molecule has 5 nitrogen and oxygen atoms in total. The zero-order valence-electron chi connectivity index (χ0n) is 17.3. The first-order chi connectivity index (χ1) is 15.0. The van der Waals surface area contributed by atoms with Gasteiger partial charge >= 0.3 is 5.97 Å². The fourth-order valence-electron chi connectivity index (χ4n) is 3.33. The Morgan fingerprint density at radius 1 is 1.13 bits per heavy atom. The SMILES string of the molecule is COC(=O)c1sc2nc(/C(=C\c3ccc(SC)cc3)c3ccccc3)[nH]c(=O)c2c1C. The number of rotatable bonds is 5. The number of esters is 1. The summed E-state index contributed by atoms with van der Waals surface area (Å²) in [5.41, 5.74) is 3.04. The number of aromatic amines is 1. The third-order valence-electron chi connectivity index (χ3n) is 4.94. The molecule has 0 fully saturated rings. The monoisotopic (exact) mass is 448 g/mol. The molecule has 1 N–H and O–H groups in total. The van der Waals surface area contributed by atoms with Crippen LogP contribution >= 0.6 is 23.1 Å². The summed E-state index contributed by atoms with van der Waals surface area (Å²) in [5, 5.41) is 0.422. The summed E-state index contributed by atoms with van der Waals surface area (Å²) in [6.45, 7) is 1.74. The van der Waals surface area contributed by atoms with Crippen molar-refractivity contribution in [2.75, 3.05) is 13.4 Å². The number of ether oxygens (including phenoxy) is 1. The van der Waals surface area contributed by atoms with Crippen molar-refractivity contribution >= 4 is 50.9 Å². The molecule has 0 bridgehead atoms. The van der Waals surface area contributed by atoms with Gasteiger partial charge in [0.1, 0.15) is 15.5 Å². The minimum atomic E-state index is -0.464. The molecule has 0 aliphatic rings. The van der Waals surface area contributed by atoms with Crippen molar-refractivity contribution < 1.29 is 9.53 Å². The van der Waals surface area contributed by atoms with Gasteiger partial charge in [-0.25, -0.2) is 9.78 Å². The molecule has 0 radical (unpaired) electrons. The van der Waals surface area contributed by atoms with Crippen LogP contribution in [0.3, 0.4) is 0 Å². The van der Waals surface area contributed by atoms with Crippen LogP contribution in [0.2, 0.25) is 0 Å². The molecule has 0 atom stereocenters. The fourth-order valence-corrected chi connectivity index (χ4v) is 4.84. The second-order valence-electron chi connectivity index (χ2n) is 6.84. The zero-order chi connectivity index (χ0) is 22.0. The summed E-state index contributed by atoms with van der Waals surface area (Å²) in [5.74, 6) is -0.00975. The lowest BCUT2D eigenvalue weighted by Gasteiger charge is -2.08. The van der Waals surface area contributed by atoms with Crippen molar-refractivity contribution in [3.05, 3.63) is 92.3 Å². The van der Waals surface area contributed by atoms with Gasteiger partial charge in [-0.1, -0.05) is 42.5 Å². The molecule has 4 aromatic rings. The maximum atomic E-state index is 12.9. The number of hydrogen-bond donors (Lipinski definition) is 1. The third-order valence-corrected chi connectivity index (χ3v) is 6.85. The molecular formula is C24H20N2O3S2. The number of nitrogens with one attached hydrogen (secondary N) is 1. The van der Waals surface area contributed by atoms with Crippen LogP contribution in [0, 0.1) is 6.92 Å². The van der Waals surface area contributed by atoms with E-state index in [2.05, 4.69) is 17.1 Å². The number of nitrogens with zero attached hydrogens (tertiary/aromatic N) is 1. The highest BCUT2D eigenvalue weighted by atomic mass is 32.2. The second-order valence-corrected chi connectivity index (χ2v) is 8.72. The molecule has 0 spiro atoms. The van der Waals surface area contributed by atoms with E-state index < -0.39 is 5.97 Å². The predicted molar refractivity (Wildman–Crippen MR) is 128 cm³/mol. The molecule has 2 heterocycles. The first-order valence-corrected chi connectivity index (χ1v) is 11.6. The van der Waals surface area contributed by atoms with E-state index in [1.54, 1.807) is 18.7 Å². The topological polar surface area (TPSA) is 72.0 Å². The van der Waals surface area contributed by atoms with E-state index in [4.69, 9.17) is 9.72 Å². The molecule has 0 unspecified atom stereocenters. The number of carbonyl (C=O) groups is 1. The van der Waals surface area contributed by atoms with Crippen LogP contribution in [0.15, 0.2) is 64.3 Å². The number of thiophene rings is 1. The van der Waals surface area contributed by atoms with Crippen molar-refractivity contribution in [3.63, 3.8) is 0 Å². The molecule has 0 saturated heterocycles. The highest BCUT2D eigenvalue weighted by Crippen LogP contribution is 2.30. The number of fused-ring (bicyclic) bond motifs is 1. The van der Waals surface area contributed by atoms with Gasteiger partial charge in [0.2, 0.25) is 0 Å². The van der Waals surface area contributed by atoms with Crippen LogP contribution in [0.5, 0.6) is 0 Å². The summed E-state index contributed by atoms with van der Waals surface area (Å²) in [4.78, 5) is 34.8. The number of carbonyl (C=O) groups excluding carboxylic acids is 1. The maximum Gasteiger partial charge on any atom is 0.348 e. The Kier molecular flexibility index (Phi) is 6.06. The molecule has 0 saturated carbocycles. The van der Waals surface area contributed by atoms with E-state index >= 15 is 0 Å². The first kappa shape index (κ1) is 21.1. The van der Waals surface area contributed by atoms with Gasteiger partial charge in [0.15, 0.2) is 0 Å². The molecule has 4 rings (SSSR count). The van der Waals surface area contributed by atoms with Crippen LogP contribution in [-0.2, 0) is 4.74 Å². The molecule has 2 aromatic carbocycles. The Bertz CT molecular complexity index is 1340. The van der Waals surface area contributed by atoms with Crippen LogP contribution in [0.25, 0.3) is 21.9 Å². The normalized spacial score (nSPS) is 11.6. The molecule has 2 aromatic heterocycles. The fraction of sp³-hybridized carbons (Fsp3) is 0.125. The van der Waals surface area contributed by atoms with E-state index in [0.717, 1.165) is 16.7 Å². The van der Waals surface area contributed by atoms with Gasteiger partial charge in [-0.05, 0) is 48.1 Å². The summed E-state index contributed by atoms with van der Waals surface area (Å²) in [6, 6.07) is 18.0. The summed E-state index contributed by atoms with van der Waals surface area (Å²) >= 11 is 2.86. The average molecular weight is 449 g/mol. The van der Waals surface area contributed by atoms with Crippen molar-refractivity contribution in [2.24, 2.45) is 0 Å². The van der Waals surface area contributed by atoms with E-state index in [0.29, 0.717) is 26.5 Å². The Morgan fingerprint density at radius 3 is 2.48 bits per heavy atom. The number of benzene rings is 2. The van der Waals surface area contributed by atoms with Crippen LogP contribution in [0.4, 0.5) is 0 Å². The number of methoxy groups -OCH3 is 1. The zero-order valence-corrected chi connectivity index (χ0v) is 18.9. The average Bonchev–Trinajstić information content (AvgIpc) is 3.14. The molecule has 156 valence electrons. The number of hydrogen-bond acceptors (Lipinski definition) is 6. The van der Waals surface area contributed by atoms with Crippen LogP contribution in [-0.4, -0.2) is 29.3 Å². The van der Waals surface area contributed by atoms with Gasteiger partial charge in [0, 0.05) is 10.5 Å². The Hall–Kier alpha value is -3.16. The predicted octanol–water partition coefficient (Wildman–Crippen LogP) is 5.39. The van der Waals surface area contributed by atoms with Crippen LogP contribution < -0.4 is 5.56 Å². The van der Waals surface area contributed by atoms with E-state index in [1.807, 2.05) is 54.8 Å². The van der Waals surface area contributed by atoms with E-state index in [-0.39, 0.29) is 5.56 Å². The number of aromatic nitrogens is 2. The molecular weight excluding hydrogens is 428 g/mol. The number of aryl methyl sites for hydroxylation is 1. The Balaban J connectivity index is 1.91. The maximum absolute atomic E-state index is 12.9. The number of H-pyrrole nitrogens is 1. The van der Waals surface area contributed by atoms with Gasteiger partial charge in [-0.2, -0.15) is 0 Å². The highest BCUT2D eigenvalue weighted by molar-refractivity contribution is 7.98. The molecule has 31 heavy (non-hydrogen) atoms. The van der Waals surface area contributed by atoms with Gasteiger partial charge < -0.3 is 9.72 Å². The first-order valence-electron chi connectivity index (χ1n) is 9.55. The summed E-state index contributed by atoms with van der Waals surface area (Å²) in [7, 11) is 1.33. The van der Waals surface area contributed by atoms with Crippen molar-refractivity contribution in [3.8, 4) is 0 Å². The lowest BCUT2D eigenvalue weighted by molar-refractivity contribution is 0.0605. The lowest BCUT2D eigenvalue weighted by atomic mass is 10.0. The Labute approximate surface area is 187 Å². The molecule has 0 aliphatic carbocycles. The minimum Gasteiger partial charge on any atom is -0.465 e. The standard InChI is InChI=1S/C24H20N2O3S2/c1-14-19-22(27)25-21(26-23(19)31-20(14)24(28)29-2)18(16-7-5-4-6-8-16)13-15-9-11-17(30-3)12-10-15/h4-13H,1-3H3,(H,25,26,27)/b18-13-. The van der Waals surface area contributed by atoms with E-state index in [1.165, 1.54) is 23.3 Å². The van der Waals surface area contributed by atoms with Gasteiger partial charge in [0.05, 0.1) is 12.5 Å². The molecule has 0 aliphatic heterocycles. The van der Waals surface area contributed by atoms with Crippen LogP contribution in [0.1, 0.15) is 32.2 Å². The smallest absolute Gasteiger partial charge is 0.348 e. The van der Waals surface area contributed by atoms with Crippen molar-refractivity contribution in [2.45, 2.75) is 11.8 Å². The van der Waals surface area contributed by atoms with Gasteiger partial charge in [0.25, 0.3) is 5.56 Å². The summed E-state index contributed by atoms with van der Waals surface area (Å²) < 4.78 is 4.85. The third kappa shape index (κ3) is 4.19. The summed E-state index contributed by atoms with van der Waals surface area (Å²) in [6.07, 6.45) is 4.04. The minimum absolute atomic E-state index is 0.275. The molecule has 0 amide bonds. The molecule has 7 heteroatoms. The largest absolute Gasteiger partial charge is 0.465 e. The second kappa shape index (κ2) is 8.91. The van der Waals surface area contributed by atoms with E-state index in [9.17, 15) is 9.59 Å². The quantitative estimate of drug-likeness (QED) is 0.252. The van der Waals surface area contributed by atoms with Gasteiger partial charge in [-0.15, -0.1) is 23.1 Å². The van der Waals surface area contributed by atoms with Crippen molar-refractivity contribution in [1.29, 1.82) is 0 Å².